The summed E-state index contributed by atoms with van der Waals surface area (Å²) in [4.78, 5) is 0. The molecule has 0 amide bonds. The van der Waals surface area contributed by atoms with Gasteiger partial charge >= 0.3 is 0 Å². The van der Waals surface area contributed by atoms with E-state index in [4.69, 9.17) is 10.00 Å². The number of nitriles is 1. The zero-order valence-electron chi connectivity index (χ0n) is 8.22. The Labute approximate surface area is 97.0 Å². The molecule has 1 aliphatic heterocycles. The Morgan fingerprint density at radius 1 is 1.40 bits per heavy atom. The lowest BCUT2D eigenvalue weighted by molar-refractivity contribution is 0.355. The van der Waals surface area contributed by atoms with E-state index in [0.717, 1.165) is 41.7 Å². The number of halogens is 1. The van der Waals surface area contributed by atoms with Gasteiger partial charge in [-0.25, -0.2) is 0 Å². The van der Waals surface area contributed by atoms with Crippen molar-refractivity contribution in [1.29, 1.82) is 5.26 Å². The van der Waals surface area contributed by atoms with E-state index in [1.54, 1.807) is 0 Å². The molecule has 0 unspecified atom stereocenters. The first-order valence-corrected chi connectivity index (χ1v) is 5.91. The van der Waals surface area contributed by atoms with Crippen LogP contribution in [0.2, 0.25) is 0 Å². The third-order valence-corrected chi connectivity index (χ3v) is 3.84. The number of hydrogen-bond donors (Lipinski definition) is 0. The fraction of sp³-hybridized carbons (Fsp3) is 0.417. The van der Waals surface area contributed by atoms with Crippen LogP contribution in [0.1, 0.15) is 24.0 Å². The number of benzene rings is 1. The van der Waals surface area contributed by atoms with Crippen LogP contribution >= 0.6 is 15.9 Å². The first kappa shape index (κ1) is 9.23. The minimum absolute atomic E-state index is 0.194. The van der Waals surface area contributed by atoms with Crippen molar-refractivity contribution in [3.63, 3.8) is 0 Å². The first-order valence-electron chi connectivity index (χ1n) is 5.12. The number of fused-ring (bicyclic) bond motifs is 1. The van der Waals surface area contributed by atoms with Crippen LogP contribution in [0.25, 0.3) is 0 Å². The summed E-state index contributed by atoms with van der Waals surface area (Å²) < 4.78 is 6.52. The van der Waals surface area contributed by atoms with Crippen LogP contribution in [0.5, 0.6) is 5.75 Å². The molecule has 76 valence electrons. The van der Waals surface area contributed by atoms with Gasteiger partial charge in [-0.1, -0.05) is 6.07 Å². The minimum atomic E-state index is -0.194. The maximum Gasteiger partial charge on any atom is 0.136 e. The van der Waals surface area contributed by atoms with Crippen LogP contribution in [0.3, 0.4) is 0 Å². The third-order valence-electron chi connectivity index (χ3n) is 3.25. The second kappa shape index (κ2) is 2.99. The summed E-state index contributed by atoms with van der Waals surface area (Å²) in [6, 6.07) is 6.61. The van der Waals surface area contributed by atoms with Gasteiger partial charge < -0.3 is 4.74 Å². The Morgan fingerprint density at radius 2 is 2.20 bits per heavy atom. The number of rotatable bonds is 1. The van der Waals surface area contributed by atoms with E-state index in [0.29, 0.717) is 0 Å². The summed E-state index contributed by atoms with van der Waals surface area (Å²) in [7, 11) is 0. The van der Waals surface area contributed by atoms with E-state index in [-0.39, 0.29) is 5.41 Å². The SMILES string of the molecule is N#CC1(c2cc(Br)c3c(c2)CCO3)CC1. The maximum absolute atomic E-state index is 9.15. The van der Waals surface area contributed by atoms with Gasteiger partial charge in [-0.05, 0) is 46.0 Å². The van der Waals surface area contributed by atoms with Gasteiger partial charge in [0.2, 0.25) is 0 Å². The van der Waals surface area contributed by atoms with Crippen LogP contribution < -0.4 is 4.74 Å². The Kier molecular flexibility index (Phi) is 1.84. The molecule has 1 aromatic carbocycles. The summed E-state index contributed by atoms with van der Waals surface area (Å²) in [5, 5.41) is 9.15. The predicted molar refractivity (Wildman–Crippen MR) is 59.9 cm³/mol. The van der Waals surface area contributed by atoms with Crippen molar-refractivity contribution >= 4 is 15.9 Å². The van der Waals surface area contributed by atoms with E-state index in [1.165, 1.54) is 5.56 Å². The zero-order valence-corrected chi connectivity index (χ0v) is 9.80. The van der Waals surface area contributed by atoms with Gasteiger partial charge in [0.25, 0.3) is 0 Å². The van der Waals surface area contributed by atoms with Crippen molar-refractivity contribution in [2.24, 2.45) is 0 Å². The summed E-state index contributed by atoms with van der Waals surface area (Å²) in [5.74, 6) is 0.965. The zero-order chi connectivity index (χ0) is 10.5. The van der Waals surface area contributed by atoms with E-state index in [9.17, 15) is 0 Å². The number of ether oxygens (including phenoxy) is 1. The second-order valence-electron chi connectivity index (χ2n) is 4.24. The molecule has 0 radical (unpaired) electrons. The monoisotopic (exact) mass is 263 g/mol. The topological polar surface area (TPSA) is 33.0 Å². The average molecular weight is 264 g/mol. The molecule has 3 heteroatoms. The number of nitrogens with zero attached hydrogens (tertiary/aromatic N) is 1. The van der Waals surface area contributed by atoms with Gasteiger partial charge in [0.15, 0.2) is 0 Å². The standard InChI is InChI=1S/C12H10BrNO/c13-10-6-9(12(7-14)2-3-12)5-8-1-4-15-11(8)10/h5-6H,1-4H2. The Hall–Kier alpha value is -1.01. The molecule has 1 fully saturated rings. The molecule has 0 saturated heterocycles. The fourth-order valence-corrected chi connectivity index (χ4v) is 2.74. The van der Waals surface area contributed by atoms with Gasteiger partial charge in [0.05, 0.1) is 22.6 Å². The Morgan fingerprint density at radius 3 is 2.87 bits per heavy atom. The lowest BCUT2D eigenvalue weighted by Gasteiger charge is -2.09. The summed E-state index contributed by atoms with van der Waals surface area (Å²) >= 11 is 3.51. The van der Waals surface area contributed by atoms with E-state index in [2.05, 4.69) is 28.1 Å². The van der Waals surface area contributed by atoms with Gasteiger partial charge in [-0.3, -0.25) is 0 Å². The molecular formula is C12H10BrNO. The first-order chi connectivity index (χ1) is 7.25. The maximum atomic E-state index is 9.15. The van der Waals surface area contributed by atoms with Crippen LogP contribution in [0.15, 0.2) is 16.6 Å². The van der Waals surface area contributed by atoms with E-state index in [1.807, 2.05) is 6.07 Å². The molecule has 15 heavy (non-hydrogen) atoms. The quantitative estimate of drug-likeness (QED) is 0.781. The summed E-state index contributed by atoms with van der Waals surface area (Å²) in [6.45, 7) is 0.761. The Balaban J connectivity index is 2.13. The third kappa shape index (κ3) is 1.28. The molecule has 3 rings (SSSR count). The highest BCUT2D eigenvalue weighted by atomic mass is 79.9. The van der Waals surface area contributed by atoms with Crippen LogP contribution in [0.4, 0.5) is 0 Å². The fourth-order valence-electron chi connectivity index (χ4n) is 2.13. The van der Waals surface area contributed by atoms with Crippen molar-refractivity contribution in [3.05, 3.63) is 27.7 Å². The molecule has 2 nitrogen and oxygen atoms in total. The minimum Gasteiger partial charge on any atom is -0.492 e. The number of hydrogen-bond acceptors (Lipinski definition) is 2. The summed E-state index contributed by atoms with van der Waals surface area (Å²) in [5.41, 5.74) is 2.20. The van der Waals surface area contributed by atoms with Crippen LogP contribution in [-0.4, -0.2) is 6.61 Å². The molecule has 0 spiro atoms. The van der Waals surface area contributed by atoms with E-state index >= 15 is 0 Å². The van der Waals surface area contributed by atoms with Crippen molar-refractivity contribution < 1.29 is 4.74 Å². The van der Waals surface area contributed by atoms with Crippen molar-refractivity contribution in [2.75, 3.05) is 6.61 Å². The van der Waals surface area contributed by atoms with Crippen molar-refractivity contribution in [1.82, 2.24) is 0 Å². The lowest BCUT2D eigenvalue weighted by Crippen LogP contribution is -2.03. The van der Waals surface area contributed by atoms with Gasteiger partial charge in [0, 0.05) is 6.42 Å². The van der Waals surface area contributed by atoms with Gasteiger partial charge in [0.1, 0.15) is 5.75 Å². The normalized spacial score (nSPS) is 20.3. The predicted octanol–water partition coefficient (Wildman–Crippen LogP) is 2.94. The summed E-state index contributed by atoms with van der Waals surface area (Å²) in [6.07, 6.45) is 2.95. The molecule has 0 atom stereocenters. The molecule has 1 saturated carbocycles. The Bertz CT molecular complexity index is 471. The van der Waals surface area contributed by atoms with E-state index < -0.39 is 0 Å². The molecule has 0 N–H and O–H groups in total. The largest absolute Gasteiger partial charge is 0.492 e. The highest BCUT2D eigenvalue weighted by Crippen LogP contribution is 2.50. The molecule has 0 bridgehead atoms. The van der Waals surface area contributed by atoms with Crippen molar-refractivity contribution in [2.45, 2.75) is 24.7 Å². The highest BCUT2D eigenvalue weighted by Gasteiger charge is 2.45. The molecule has 1 aromatic rings. The molecule has 1 heterocycles. The molecule has 2 aliphatic rings. The molecular weight excluding hydrogens is 254 g/mol. The second-order valence-corrected chi connectivity index (χ2v) is 5.09. The smallest absolute Gasteiger partial charge is 0.136 e. The van der Waals surface area contributed by atoms with Crippen LogP contribution in [0, 0.1) is 11.3 Å². The van der Waals surface area contributed by atoms with Gasteiger partial charge in [-0.15, -0.1) is 0 Å². The average Bonchev–Trinajstić information content (AvgIpc) is 2.90. The molecule has 1 aliphatic carbocycles. The van der Waals surface area contributed by atoms with Crippen molar-refractivity contribution in [3.8, 4) is 11.8 Å². The lowest BCUT2D eigenvalue weighted by atomic mass is 9.95. The highest BCUT2D eigenvalue weighted by molar-refractivity contribution is 9.10. The molecule has 0 aromatic heterocycles. The van der Waals surface area contributed by atoms with Gasteiger partial charge in [-0.2, -0.15) is 5.26 Å². The van der Waals surface area contributed by atoms with Crippen LogP contribution in [-0.2, 0) is 11.8 Å².